The summed E-state index contributed by atoms with van der Waals surface area (Å²) < 4.78 is 44.5. The molecule has 9 heteroatoms. The van der Waals surface area contributed by atoms with Crippen molar-refractivity contribution in [3.05, 3.63) is 74.3 Å². The number of nitro groups is 1. The second-order valence-electron chi connectivity index (χ2n) is 6.13. The Morgan fingerprint density at radius 3 is 2.39 bits per heavy atom. The maximum Gasteiger partial charge on any atom is 0.416 e. The molecule has 0 heterocycles. The lowest BCUT2D eigenvalue weighted by Crippen LogP contribution is -2.13. The fraction of sp³-hybridized carbons (Fsp3) is 0.263. The molecule has 0 unspecified atom stereocenters. The van der Waals surface area contributed by atoms with Crippen LogP contribution in [-0.2, 0) is 28.7 Å². The minimum Gasteiger partial charge on any atom is -0.461 e. The van der Waals surface area contributed by atoms with E-state index in [0.29, 0.717) is 5.56 Å². The minimum absolute atomic E-state index is 0.0369. The zero-order valence-corrected chi connectivity index (χ0v) is 15.0. The molecule has 0 aromatic heterocycles. The molecule has 2 rings (SSSR count). The molecule has 6 nitrogen and oxygen atoms in total. The van der Waals surface area contributed by atoms with E-state index < -0.39 is 35.0 Å². The molecule has 0 atom stereocenters. The van der Waals surface area contributed by atoms with Gasteiger partial charge in [0, 0.05) is 36.1 Å². The number of carbonyl (C=O) groups is 2. The second-order valence-corrected chi connectivity index (χ2v) is 6.13. The number of aryl methyl sites for hydroxylation is 1. The summed E-state index contributed by atoms with van der Waals surface area (Å²) in [5.41, 5.74) is -0.977. The molecule has 0 fully saturated rings. The molecule has 2 aromatic rings. The molecule has 0 saturated carbocycles. The standard InChI is InChI=1S/C19H16F3NO5/c1-11-3-5-14(9-17(11)23(26)27)18(25)8-13-4-6-15(10-28-12(2)24)16(7-13)19(20,21)22/h3-7,9H,8,10H2,1-2H3. The van der Waals surface area contributed by atoms with Crippen molar-refractivity contribution in [3.63, 3.8) is 0 Å². The number of nitro benzene ring substituents is 1. The third kappa shape index (κ3) is 5.15. The first-order chi connectivity index (χ1) is 13.0. The van der Waals surface area contributed by atoms with Crippen LogP contribution in [0.3, 0.4) is 0 Å². The number of esters is 1. The van der Waals surface area contributed by atoms with Crippen LogP contribution in [-0.4, -0.2) is 16.7 Å². The van der Waals surface area contributed by atoms with Gasteiger partial charge in [-0.2, -0.15) is 13.2 Å². The summed E-state index contributed by atoms with van der Waals surface area (Å²) in [6.45, 7) is 2.06. The molecule has 0 aliphatic carbocycles. The van der Waals surface area contributed by atoms with Gasteiger partial charge in [0.1, 0.15) is 6.61 Å². The van der Waals surface area contributed by atoms with E-state index in [9.17, 15) is 32.9 Å². The Morgan fingerprint density at radius 2 is 1.82 bits per heavy atom. The SMILES string of the molecule is CC(=O)OCc1ccc(CC(=O)c2ccc(C)c([N+](=O)[O-])c2)cc1C(F)(F)F. The monoisotopic (exact) mass is 395 g/mol. The first kappa shape index (κ1) is 21.1. The summed E-state index contributed by atoms with van der Waals surface area (Å²) in [5, 5.41) is 11.0. The molecule has 0 spiro atoms. The van der Waals surface area contributed by atoms with Crippen LogP contribution in [0.4, 0.5) is 18.9 Å². The number of Topliss-reactive ketones (excluding diaryl/α,β-unsaturated/α-hetero) is 1. The molecular formula is C19H16F3NO5. The van der Waals surface area contributed by atoms with E-state index in [2.05, 4.69) is 4.74 Å². The first-order valence-corrected chi connectivity index (χ1v) is 8.09. The van der Waals surface area contributed by atoms with Crippen molar-refractivity contribution in [3.8, 4) is 0 Å². The summed E-state index contributed by atoms with van der Waals surface area (Å²) in [7, 11) is 0. The van der Waals surface area contributed by atoms with Crippen LogP contribution in [0.5, 0.6) is 0 Å². The maximum atomic E-state index is 13.3. The number of alkyl halides is 3. The smallest absolute Gasteiger partial charge is 0.416 e. The normalized spacial score (nSPS) is 11.2. The topological polar surface area (TPSA) is 86.5 Å². The quantitative estimate of drug-likeness (QED) is 0.313. The van der Waals surface area contributed by atoms with Gasteiger partial charge >= 0.3 is 12.1 Å². The molecule has 0 bridgehead atoms. The average Bonchev–Trinajstić information content (AvgIpc) is 2.59. The molecular weight excluding hydrogens is 379 g/mol. The van der Waals surface area contributed by atoms with Crippen molar-refractivity contribution in [2.45, 2.75) is 33.1 Å². The van der Waals surface area contributed by atoms with E-state index in [1.165, 1.54) is 25.1 Å². The minimum atomic E-state index is -4.70. The van der Waals surface area contributed by atoms with Crippen molar-refractivity contribution >= 4 is 17.4 Å². The summed E-state index contributed by atoms with van der Waals surface area (Å²) in [5.74, 6) is -1.27. The van der Waals surface area contributed by atoms with Gasteiger partial charge in [-0.15, -0.1) is 0 Å². The Labute approximate surface area is 158 Å². The van der Waals surface area contributed by atoms with Crippen molar-refractivity contribution in [1.82, 2.24) is 0 Å². The molecule has 0 N–H and O–H groups in total. The van der Waals surface area contributed by atoms with Gasteiger partial charge < -0.3 is 4.74 Å². The molecule has 0 aliphatic rings. The highest BCUT2D eigenvalue weighted by molar-refractivity contribution is 5.98. The number of carbonyl (C=O) groups excluding carboxylic acids is 2. The molecule has 148 valence electrons. The predicted molar refractivity (Wildman–Crippen MR) is 92.8 cm³/mol. The molecule has 28 heavy (non-hydrogen) atoms. The summed E-state index contributed by atoms with van der Waals surface area (Å²) in [6, 6.07) is 7.20. The Bertz CT molecular complexity index is 938. The number of ketones is 1. The fourth-order valence-corrected chi connectivity index (χ4v) is 2.57. The Hall–Kier alpha value is -3.23. The molecule has 0 saturated heterocycles. The highest BCUT2D eigenvalue weighted by Gasteiger charge is 2.34. The second kappa shape index (κ2) is 8.20. The van der Waals surface area contributed by atoms with E-state index in [1.807, 2.05) is 0 Å². The Balaban J connectivity index is 2.31. The van der Waals surface area contributed by atoms with E-state index in [0.717, 1.165) is 25.1 Å². The van der Waals surface area contributed by atoms with Gasteiger partial charge in [-0.3, -0.25) is 19.7 Å². The molecule has 0 radical (unpaired) electrons. The van der Waals surface area contributed by atoms with Crippen LogP contribution in [0.15, 0.2) is 36.4 Å². The maximum absolute atomic E-state index is 13.3. The predicted octanol–water partition coefficient (Wildman–Crippen LogP) is 4.41. The van der Waals surface area contributed by atoms with Crippen LogP contribution in [0, 0.1) is 17.0 Å². The van der Waals surface area contributed by atoms with E-state index >= 15 is 0 Å². The number of hydrogen-bond acceptors (Lipinski definition) is 5. The number of ether oxygens (including phenoxy) is 1. The number of rotatable bonds is 6. The van der Waals surface area contributed by atoms with Crippen molar-refractivity contribution in [1.29, 1.82) is 0 Å². The van der Waals surface area contributed by atoms with Gasteiger partial charge in [0.2, 0.25) is 0 Å². The Morgan fingerprint density at radius 1 is 1.14 bits per heavy atom. The summed E-state index contributed by atoms with van der Waals surface area (Å²) in [4.78, 5) is 33.6. The van der Waals surface area contributed by atoms with Gasteiger partial charge in [0.25, 0.3) is 5.69 Å². The van der Waals surface area contributed by atoms with Crippen molar-refractivity contribution in [2.75, 3.05) is 0 Å². The van der Waals surface area contributed by atoms with Crippen LogP contribution >= 0.6 is 0 Å². The van der Waals surface area contributed by atoms with Gasteiger partial charge in [-0.05, 0) is 18.6 Å². The van der Waals surface area contributed by atoms with Crippen molar-refractivity contribution < 1.29 is 32.4 Å². The van der Waals surface area contributed by atoms with Crippen LogP contribution in [0.2, 0.25) is 0 Å². The summed E-state index contributed by atoms with van der Waals surface area (Å²) in [6.07, 6.45) is -5.06. The van der Waals surface area contributed by atoms with E-state index in [1.54, 1.807) is 0 Å². The lowest BCUT2D eigenvalue weighted by atomic mass is 9.97. The number of nitrogens with zero attached hydrogens (tertiary/aromatic N) is 1. The van der Waals surface area contributed by atoms with E-state index in [4.69, 9.17) is 0 Å². The fourth-order valence-electron chi connectivity index (χ4n) is 2.57. The number of halogens is 3. The largest absolute Gasteiger partial charge is 0.461 e. The lowest BCUT2D eigenvalue weighted by molar-refractivity contribution is -0.385. The van der Waals surface area contributed by atoms with Gasteiger partial charge in [-0.25, -0.2) is 0 Å². The third-order valence-corrected chi connectivity index (χ3v) is 4.00. The first-order valence-electron chi connectivity index (χ1n) is 8.09. The van der Waals surface area contributed by atoms with Crippen LogP contribution < -0.4 is 0 Å². The Kier molecular flexibility index (Phi) is 6.17. The van der Waals surface area contributed by atoms with Gasteiger partial charge in [0.15, 0.2) is 5.78 Å². The molecule has 0 amide bonds. The molecule has 2 aromatic carbocycles. The zero-order chi connectivity index (χ0) is 21.1. The number of hydrogen-bond donors (Lipinski definition) is 0. The van der Waals surface area contributed by atoms with Gasteiger partial charge in [-0.1, -0.05) is 24.3 Å². The van der Waals surface area contributed by atoms with E-state index in [-0.39, 0.29) is 28.8 Å². The number of benzene rings is 2. The average molecular weight is 395 g/mol. The molecule has 0 aliphatic heterocycles. The zero-order valence-electron chi connectivity index (χ0n) is 15.0. The third-order valence-electron chi connectivity index (χ3n) is 4.00. The van der Waals surface area contributed by atoms with Crippen molar-refractivity contribution in [2.24, 2.45) is 0 Å². The highest BCUT2D eigenvalue weighted by atomic mass is 19.4. The van der Waals surface area contributed by atoms with Crippen LogP contribution in [0.1, 0.15) is 39.5 Å². The van der Waals surface area contributed by atoms with Gasteiger partial charge in [0.05, 0.1) is 10.5 Å². The summed E-state index contributed by atoms with van der Waals surface area (Å²) >= 11 is 0. The highest BCUT2D eigenvalue weighted by Crippen LogP contribution is 2.33. The van der Waals surface area contributed by atoms with Crippen LogP contribution in [0.25, 0.3) is 0 Å². The lowest BCUT2D eigenvalue weighted by Gasteiger charge is -2.14.